The molecule has 0 spiro atoms. The molecule has 2 saturated heterocycles. The molecule has 4 atom stereocenters. The zero-order chi connectivity index (χ0) is 6.88. The van der Waals surface area contributed by atoms with Crippen LogP contribution in [0.1, 0.15) is 6.42 Å². The summed E-state index contributed by atoms with van der Waals surface area (Å²) in [5, 5.41) is 0. The van der Waals surface area contributed by atoms with Gasteiger partial charge in [0.05, 0.1) is 18.1 Å². The molecule has 0 radical (unpaired) electrons. The van der Waals surface area contributed by atoms with E-state index in [1.54, 1.807) is 0 Å². The van der Waals surface area contributed by atoms with Crippen LogP contribution in [-0.4, -0.2) is 36.1 Å². The predicted molar refractivity (Wildman–Crippen MR) is 33.3 cm³/mol. The van der Waals surface area contributed by atoms with Gasteiger partial charge in [-0.15, -0.1) is 0 Å². The van der Waals surface area contributed by atoms with Gasteiger partial charge in [0.15, 0.2) is 0 Å². The molecule has 0 N–H and O–H groups in total. The number of likely N-dealkylation sites (tertiary alicyclic amines) is 1. The maximum absolute atomic E-state index is 11.2. The summed E-state index contributed by atoms with van der Waals surface area (Å²) in [7, 11) is 1.88. The van der Waals surface area contributed by atoms with Crippen molar-refractivity contribution in [2.45, 2.75) is 24.7 Å². The van der Waals surface area contributed by atoms with Crippen molar-refractivity contribution < 1.29 is 9.53 Å². The highest BCUT2D eigenvalue weighted by Crippen LogP contribution is 2.50. The van der Waals surface area contributed by atoms with Crippen molar-refractivity contribution in [2.24, 2.45) is 5.92 Å². The minimum atomic E-state index is 0.222. The van der Waals surface area contributed by atoms with Crippen molar-refractivity contribution in [3.05, 3.63) is 0 Å². The summed E-state index contributed by atoms with van der Waals surface area (Å²) in [4.78, 5) is 13.1. The number of piperidine rings is 1. The van der Waals surface area contributed by atoms with Crippen LogP contribution in [-0.2, 0) is 9.53 Å². The van der Waals surface area contributed by atoms with Crippen molar-refractivity contribution in [1.82, 2.24) is 4.90 Å². The fourth-order valence-corrected chi connectivity index (χ4v) is 2.34. The monoisotopic (exact) mass is 139 g/mol. The zero-order valence-corrected chi connectivity index (χ0v) is 5.78. The van der Waals surface area contributed by atoms with Crippen LogP contribution in [0.3, 0.4) is 0 Å². The summed E-state index contributed by atoms with van der Waals surface area (Å²) in [5.74, 6) is 0.517. The molecule has 3 aliphatic rings. The Morgan fingerprint density at radius 1 is 1.60 bits per heavy atom. The molecule has 2 aliphatic heterocycles. The first-order valence-electron chi connectivity index (χ1n) is 3.71. The highest BCUT2D eigenvalue weighted by atomic mass is 16.6. The standard InChI is InChI=1S/C7H9NO2/c1-8-4-2-3(7(8)9)5-6(4)10-5/h3-6H,2H2,1H3/t3-,4+,5?,6?/m1/s1. The predicted octanol–water partition coefficient (Wildman–Crippen LogP) is -0.386. The molecule has 0 aromatic rings. The number of fused-ring (bicyclic) bond motifs is 5. The van der Waals surface area contributed by atoms with E-state index in [0.29, 0.717) is 24.2 Å². The fourth-order valence-electron chi connectivity index (χ4n) is 2.34. The first-order valence-corrected chi connectivity index (χ1v) is 3.71. The first-order chi connectivity index (χ1) is 4.79. The van der Waals surface area contributed by atoms with Crippen LogP contribution in [0, 0.1) is 5.92 Å². The second kappa shape index (κ2) is 1.23. The number of hydrogen-bond acceptors (Lipinski definition) is 2. The van der Waals surface area contributed by atoms with Crippen LogP contribution >= 0.6 is 0 Å². The number of amides is 1. The lowest BCUT2D eigenvalue weighted by atomic mass is 10.1. The van der Waals surface area contributed by atoms with E-state index < -0.39 is 0 Å². The van der Waals surface area contributed by atoms with E-state index in [2.05, 4.69) is 0 Å². The summed E-state index contributed by atoms with van der Waals surface area (Å²) in [5.41, 5.74) is 0. The molecule has 2 heterocycles. The van der Waals surface area contributed by atoms with Gasteiger partial charge in [0, 0.05) is 7.05 Å². The van der Waals surface area contributed by atoms with Gasteiger partial charge in [-0.2, -0.15) is 0 Å². The first kappa shape index (κ1) is 5.13. The van der Waals surface area contributed by atoms with Crippen LogP contribution in [0.2, 0.25) is 0 Å². The Labute approximate surface area is 58.9 Å². The molecule has 2 unspecified atom stereocenters. The topological polar surface area (TPSA) is 32.8 Å². The number of epoxide rings is 1. The largest absolute Gasteiger partial charge is 0.366 e. The number of likely N-dealkylation sites (N-methyl/N-ethyl adjacent to an activating group) is 1. The number of rotatable bonds is 0. The molecule has 3 heteroatoms. The molecular weight excluding hydrogens is 130 g/mol. The molecule has 1 amide bonds. The van der Waals surface area contributed by atoms with Crippen molar-refractivity contribution >= 4 is 5.91 Å². The summed E-state index contributed by atoms with van der Waals surface area (Å²) in [6.07, 6.45) is 1.77. The van der Waals surface area contributed by atoms with Crippen LogP contribution in [0.15, 0.2) is 0 Å². The van der Waals surface area contributed by atoms with E-state index in [9.17, 15) is 4.79 Å². The molecule has 0 aromatic carbocycles. The average Bonchev–Trinajstić information content (AvgIpc) is 2.57. The Bertz CT molecular complexity index is 216. The molecule has 10 heavy (non-hydrogen) atoms. The van der Waals surface area contributed by atoms with E-state index >= 15 is 0 Å². The van der Waals surface area contributed by atoms with Gasteiger partial charge in [-0.3, -0.25) is 4.79 Å². The number of carbonyl (C=O) groups excluding carboxylic acids is 1. The van der Waals surface area contributed by atoms with Gasteiger partial charge in [0.25, 0.3) is 0 Å². The Morgan fingerprint density at radius 3 is 3.00 bits per heavy atom. The van der Waals surface area contributed by atoms with Crippen LogP contribution < -0.4 is 0 Å². The number of hydrogen-bond donors (Lipinski definition) is 0. The molecular formula is C7H9NO2. The molecule has 1 saturated carbocycles. The SMILES string of the molecule is CN1C(=O)[C@@H]2C[C@H]1C1OC12. The number of carbonyl (C=O) groups is 1. The third-order valence-corrected chi connectivity index (χ3v) is 2.99. The molecule has 2 bridgehead atoms. The highest BCUT2D eigenvalue weighted by molar-refractivity contribution is 5.84. The Hall–Kier alpha value is -0.570. The van der Waals surface area contributed by atoms with E-state index in [0.717, 1.165) is 6.42 Å². The fraction of sp³-hybridized carbons (Fsp3) is 0.857. The normalized spacial score (nSPS) is 55.7. The van der Waals surface area contributed by atoms with Gasteiger partial charge in [0.1, 0.15) is 6.10 Å². The van der Waals surface area contributed by atoms with Gasteiger partial charge in [-0.1, -0.05) is 0 Å². The summed E-state index contributed by atoms with van der Waals surface area (Å²) >= 11 is 0. The molecule has 0 aromatic heterocycles. The van der Waals surface area contributed by atoms with Crippen LogP contribution in [0.5, 0.6) is 0 Å². The Kier molecular flexibility index (Phi) is 0.632. The maximum Gasteiger partial charge on any atom is 0.228 e. The minimum Gasteiger partial charge on any atom is -0.366 e. The van der Waals surface area contributed by atoms with Crippen molar-refractivity contribution in [3.63, 3.8) is 0 Å². The second-order valence-corrected chi connectivity index (χ2v) is 3.42. The van der Waals surface area contributed by atoms with Crippen molar-refractivity contribution in [3.8, 4) is 0 Å². The van der Waals surface area contributed by atoms with Gasteiger partial charge in [-0.05, 0) is 6.42 Å². The number of ether oxygens (including phenoxy) is 1. The second-order valence-electron chi connectivity index (χ2n) is 3.42. The van der Waals surface area contributed by atoms with Crippen molar-refractivity contribution in [1.29, 1.82) is 0 Å². The molecule has 54 valence electrons. The van der Waals surface area contributed by atoms with E-state index in [4.69, 9.17) is 4.74 Å². The minimum absolute atomic E-state index is 0.222. The highest BCUT2D eigenvalue weighted by Gasteiger charge is 2.65. The van der Waals surface area contributed by atoms with Gasteiger partial charge >= 0.3 is 0 Å². The Balaban J connectivity index is 2.03. The van der Waals surface area contributed by atoms with Gasteiger partial charge in [-0.25, -0.2) is 0 Å². The summed E-state index contributed by atoms with van der Waals surface area (Å²) in [6.45, 7) is 0. The lowest BCUT2D eigenvalue weighted by Crippen LogP contribution is -2.37. The van der Waals surface area contributed by atoms with Gasteiger partial charge < -0.3 is 9.64 Å². The van der Waals surface area contributed by atoms with Crippen LogP contribution in [0.25, 0.3) is 0 Å². The molecule has 3 fully saturated rings. The third-order valence-electron chi connectivity index (χ3n) is 2.99. The lowest BCUT2D eigenvalue weighted by molar-refractivity contribution is -0.131. The smallest absolute Gasteiger partial charge is 0.228 e. The summed E-state index contributed by atoms with van der Waals surface area (Å²) in [6, 6.07) is 0.419. The van der Waals surface area contributed by atoms with E-state index in [1.165, 1.54) is 0 Å². The molecule has 3 rings (SSSR count). The number of nitrogens with zero attached hydrogens (tertiary/aromatic N) is 1. The Morgan fingerprint density at radius 2 is 2.40 bits per heavy atom. The quantitative estimate of drug-likeness (QED) is 0.428. The molecule has 1 aliphatic carbocycles. The van der Waals surface area contributed by atoms with E-state index in [-0.39, 0.29) is 5.92 Å². The average molecular weight is 139 g/mol. The van der Waals surface area contributed by atoms with Crippen molar-refractivity contribution in [2.75, 3.05) is 7.05 Å². The maximum atomic E-state index is 11.2. The molecule has 3 nitrogen and oxygen atoms in total. The van der Waals surface area contributed by atoms with Gasteiger partial charge in [0.2, 0.25) is 5.91 Å². The van der Waals surface area contributed by atoms with Crippen LogP contribution in [0.4, 0.5) is 0 Å². The summed E-state index contributed by atoms with van der Waals surface area (Å²) < 4.78 is 5.32. The zero-order valence-electron chi connectivity index (χ0n) is 5.78. The third kappa shape index (κ3) is 0.355. The lowest BCUT2D eigenvalue weighted by Gasteiger charge is -2.18. The van der Waals surface area contributed by atoms with E-state index in [1.807, 2.05) is 11.9 Å².